The minimum absolute atomic E-state index is 0.0963. The van der Waals surface area contributed by atoms with Gasteiger partial charge in [0.2, 0.25) is 5.76 Å². The predicted molar refractivity (Wildman–Crippen MR) is 86.4 cm³/mol. The van der Waals surface area contributed by atoms with E-state index in [1.165, 1.54) is 11.6 Å². The number of hydrogen-bond donors (Lipinski definition) is 1. The molecule has 4 nitrogen and oxygen atoms in total. The molecule has 1 N–H and O–H groups in total. The first-order valence-corrected chi connectivity index (χ1v) is 8.51. The van der Waals surface area contributed by atoms with E-state index in [2.05, 4.69) is 32.9 Å². The van der Waals surface area contributed by atoms with Crippen LogP contribution in [-0.4, -0.2) is 15.3 Å². The Bertz CT molecular complexity index is 677. The number of carboxylic acids is 1. The Morgan fingerprint density at radius 1 is 1.09 bits per heavy atom. The van der Waals surface area contributed by atoms with Crippen molar-refractivity contribution in [1.29, 1.82) is 0 Å². The summed E-state index contributed by atoms with van der Waals surface area (Å²) in [5, 5.41) is 8.79. The zero-order chi connectivity index (χ0) is 16.3. The van der Waals surface area contributed by atoms with Gasteiger partial charge < -0.3 is 9.52 Å². The number of benzene rings is 1. The van der Waals surface area contributed by atoms with Crippen LogP contribution in [0.1, 0.15) is 48.2 Å². The lowest BCUT2D eigenvalue weighted by molar-refractivity contribution is 0.0660. The molecule has 0 aliphatic carbocycles. The van der Waals surface area contributed by atoms with E-state index in [0.717, 1.165) is 5.56 Å². The summed E-state index contributed by atoms with van der Waals surface area (Å²) in [6.07, 6.45) is 0. The highest BCUT2D eigenvalue weighted by molar-refractivity contribution is 7.83. The van der Waals surface area contributed by atoms with Gasteiger partial charge in [-0.25, -0.2) is 4.79 Å². The molecule has 1 aromatic heterocycles. The van der Waals surface area contributed by atoms with Crippen LogP contribution >= 0.6 is 0 Å². The molecule has 2 aromatic rings. The van der Waals surface area contributed by atoms with Gasteiger partial charge in [-0.3, -0.25) is 4.21 Å². The maximum atomic E-state index is 12.1. The first-order chi connectivity index (χ1) is 10.3. The summed E-state index contributed by atoms with van der Waals surface area (Å²) in [5.74, 6) is -0.166. The maximum Gasteiger partial charge on any atom is 0.371 e. The summed E-state index contributed by atoms with van der Waals surface area (Å²) in [6.45, 7) is 6.45. The molecule has 1 heterocycles. The van der Waals surface area contributed by atoms with E-state index >= 15 is 0 Å². The summed E-state index contributed by atoms with van der Waals surface area (Å²) in [4.78, 5) is 10.7. The average Bonchev–Trinajstić information content (AvgIpc) is 2.86. The Labute approximate surface area is 132 Å². The fourth-order valence-electron chi connectivity index (χ4n) is 2.07. The second kappa shape index (κ2) is 6.48. The lowest BCUT2D eigenvalue weighted by Gasteiger charge is -2.19. The number of hydrogen-bond acceptors (Lipinski definition) is 3. The van der Waals surface area contributed by atoms with Crippen LogP contribution in [0, 0.1) is 0 Å². The van der Waals surface area contributed by atoms with Crippen molar-refractivity contribution in [2.45, 2.75) is 37.7 Å². The van der Waals surface area contributed by atoms with Crippen LogP contribution in [-0.2, 0) is 27.7 Å². The Morgan fingerprint density at radius 3 is 2.23 bits per heavy atom. The Morgan fingerprint density at radius 2 is 1.73 bits per heavy atom. The summed E-state index contributed by atoms with van der Waals surface area (Å²) >= 11 is 0. The van der Waals surface area contributed by atoms with Crippen LogP contribution in [0.15, 0.2) is 40.8 Å². The van der Waals surface area contributed by atoms with Gasteiger partial charge in [-0.2, -0.15) is 0 Å². The SMILES string of the molecule is CC(C)(C)c1ccc(CS(=O)Cc2ccc(C(=O)O)o2)cc1. The third-order valence-corrected chi connectivity index (χ3v) is 4.59. The number of carboxylic acid groups (broad SMARTS) is 1. The molecule has 118 valence electrons. The van der Waals surface area contributed by atoms with E-state index < -0.39 is 16.8 Å². The fraction of sp³-hybridized carbons (Fsp3) is 0.353. The predicted octanol–water partition coefficient (Wildman–Crippen LogP) is 3.72. The van der Waals surface area contributed by atoms with E-state index in [0.29, 0.717) is 11.5 Å². The fourth-order valence-corrected chi connectivity index (χ4v) is 3.21. The van der Waals surface area contributed by atoms with Crippen LogP contribution in [0.25, 0.3) is 0 Å². The molecule has 0 aliphatic heterocycles. The molecular formula is C17H20O4S. The molecule has 0 aliphatic rings. The molecule has 0 radical (unpaired) electrons. The van der Waals surface area contributed by atoms with Crippen molar-refractivity contribution in [3.8, 4) is 0 Å². The molecule has 1 aromatic carbocycles. The molecule has 22 heavy (non-hydrogen) atoms. The summed E-state index contributed by atoms with van der Waals surface area (Å²) in [7, 11) is -1.14. The Hall–Kier alpha value is -1.88. The molecule has 0 saturated carbocycles. The van der Waals surface area contributed by atoms with Gasteiger partial charge in [-0.15, -0.1) is 0 Å². The van der Waals surface area contributed by atoms with E-state index in [4.69, 9.17) is 9.52 Å². The molecule has 2 rings (SSSR count). The number of rotatable bonds is 5. The maximum absolute atomic E-state index is 12.1. The van der Waals surface area contributed by atoms with Gasteiger partial charge in [-0.05, 0) is 28.7 Å². The van der Waals surface area contributed by atoms with Crippen LogP contribution < -0.4 is 0 Å². The van der Waals surface area contributed by atoms with Crippen molar-refractivity contribution in [2.24, 2.45) is 0 Å². The second-order valence-corrected chi connectivity index (χ2v) is 7.70. The summed E-state index contributed by atoms with van der Waals surface area (Å²) in [5.41, 5.74) is 2.33. The van der Waals surface area contributed by atoms with Gasteiger partial charge >= 0.3 is 5.97 Å². The zero-order valence-corrected chi connectivity index (χ0v) is 13.8. The lowest BCUT2D eigenvalue weighted by atomic mass is 9.87. The largest absolute Gasteiger partial charge is 0.475 e. The lowest BCUT2D eigenvalue weighted by Crippen LogP contribution is -2.10. The van der Waals surface area contributed by atoms with Gasteiger partial charge in [0.1, 0.15) is 5.76 Å². The number of aromatic carboxylic acids is 1. The smallest absolute Gasteiger partial charge is 0.371 e. The normalized spacial score (nSPS) is 13.0. The van der Waals surface area contributed by atoms with E-state index in [1.807, 2.05) is 12.1 Å². The van der Waals surface area contributed by atoms with Crippen LogP contribution in [0.3, 0.4) is 0 Å². The zero-order valence-electron chi connectivity index (χ0n) is 13.0. The third kappa shape index (κ3) is 4.31. The van der Waals surface area contributed by atoms with Crippen molar-refractivity contribution in [2.75, 3.05) is 0 Å². The van der Waals surface area contributed by atoms with E-state index in [-0.39, 0.29) is 16.9 Å². The van der Waals surface area contributed by atoms with Gasteiger partial charge in [0.15, 0.2) is 0 Å². The van der Waals surface area contributed by atoms with Crippen LogP contribution in [0.2, 0.25) is 0 Å². The van der Waals surface area contributed by atoms with Gasteiger partial charge in [0, 0.05) is 16.6 Å². The Balaban J connectivity index is 1.98. The molecule has 0 fully saturated rings. The third-order valence-electron chi connectivity index (χ3n) is 3.32. The highest BCUT2D eigenvalue weighted by Crippen LogP contribution is 2.22. The van der Waals surface area contributed by atoms with Gasteiger partial charge in [0.05, 0.1) is 5.75 Å². The van der Waals surface area contributed by atoms with Crippen LogP contribution in [0.4, 0.5) is 0 Å². The standard InChI is InChI=1S/C17H20O4S/c1-17(2,3)13-6-4-12(5-7-13)10-22(20)11-14-8-9-15(21-14)16(18)19/h4-9H,10-11H2,1-3H3,(H,18,19). The van der Waals surface area contributed by atoms with Gasteiger partial charge in [0.25, 0.3) is 0 Å². The monoisotopic (exact) mass is 320 g/mol. The first-order valence-electron chi connectivity index (χ1n) is 7.02. The quantitative estimate of drug-likeness (QED) is 0.911. The van der Waals surface area contributed by atoms with Crippen molar-refractivity contribution in [3.05, 3.63) is 59.0 Å². The second-order valence-electron chi connectivity index (χ2n) is 6.25. The number of furan rings is 1. The summed E-state index contributed by atoms with van der Waals surface area (Å²) < 4.78 is 17.3. The van der Waals surface area contributed by atoms with Crippen molar-refractivity contribution < 1.29 is 18.5 Å². The first kappa shape index (κ1) is 16.5. The Kier molecular flexibility index (Phi) is 4.86. The van der Waals surface area contributed by atoms with E-state index in [1.54, 1.807) is 6.07 Å². The van der Waals surface area contributed by atoms with Gasteiger partial charge in [-0.1, -0.05) is 45.0 Å². The molecule has 0 amide bonds. The summed E-state index contributed by atoms with van der Waals surface area (Å²) in [6, 6.07) is 11.0. The van der Waals surface area contributed by atoms with Crippen molar-refractivity contribution in [3.63, 3.8) is 0 Å². The molecule has 0 spiro atoms. The van der Waals surface area contributed by atoms with Crippen molar-refractivity contribution >= 4 is 16.8 Å². The van der Waals surface area contributed by atoms with Crippen molar-refractivity contribution in [1.82, 2.24) is 0 Å². The van der Waals surface area contributed by atoms with Crippen LogP contribution in [0.5, 0.6) is 0 Å². The topological polar surface area (TPSA) is 67.5 Å². The molecule has 0 bridgehead atoms. The number of carbonyl (C=O) groups is 1. The van der Waals surface area contributed by atoms with E-state index in [9.17, 15) is 9.00 Å². The molecule has 1 atom stereocenters. The molecule has 0 saturated heterocycles. The average molecular weight is 320 g/mol. The molecule has 5 heteroatoms. The minimum atomic E-state index is -1.14. The highest BCUT2D eigenvalue weighted by atomic mass is 32.2. The highest BCUT2D eigenvalue weighted by Gasteiger charge is 2.14. The molecule has 1 unspecified atom stereocenters. The minimum Gasteiger partial charge on any atom is -0.475 e. The molecular weight excluding hydrogens is 300 g/mol.